The Balaban J connectivity index is 2.11. The Hall–Kier alpha value is -2.34. The van der Waals surface area contributed by atoms with Crippen LogP contribution in [0.2, 0.25) is 0 Å². The number of Topliss-reactive ketones (excluding diaryl/α,β-unsaturated/α-hetero) is 1. The molecule has 2 aromatic carbocycles. The van der Waals surface area contributed by atoms with Crippen molar-refractivity contribution in [1.82, 2.24) is 0 Å². The van der Waals surface area contributed by atoms with Gasteiger partial charge in [-0.3, -0.25) is 4.79 Å². The van der Waals surface area contributed by atoms with Gasteiger partial charge in [-0.25, -0.2) is 4.79 Å². The second-order valence-corrected chi connectivity index (χ2v) is 6.13. The van der Waals surface area contributed by atoms with Gasteiger partial charge in [0, 0.05) is 10.0 Å². The van der Waals surface area contributed by atoms with Crippen molar-refractivity contribution in [3.8, 4) is 11.5 Å². The van der Waals surface area contributed by atoms with Gasteiger partial charge in [-0.15, -0.1) is 0 Å². The fourth-order valence-electron chi connectivity index (χ4n) is 2.20. The number of methoxy groups -OCH3 is 1. The van der Waals surface area contributed by atoms with Crippen LogP contribution in [0.3, 0.4) is 0 Å². The molecule has 0 aliphatic heterocycles. The first kappa shape index (κ1) is 19.0. The van der Waals surface area contributed by atoms with E-state index in [9.17, 15) is 9.59 Å². The molecule has 0 spiro atoms. The molecule has 0 heterocycles. The van der Waals surface area contributed by atoms with Crippen LogP contribution < -0.4 is 9.47 Å². The van der Waals surface area contributed by atoms with E-state index < -0.39 is 12.1 Å². The van der Waals surface area contributed by atoms with E-state index in [1.807, 2.05) is 6.92 Å². The Bertz CT molecular complexity index is 755. The van der Waals surface area contributed by atoms with Gasteiger partial charge in [0.25, 0.3) is 0 Å². The van der Waals surface area contributed by atoms with Crippen LogP contribution in [0.5, 0.6) is 11.5 Å². The molecule has 2 aromatic rings. The van der Waals surface area contributed by atoms with Crippen molar-refractivity contribution in [1.29, 1.82) is 0 Å². The number of halogens is 1. The van der Waals surface area contributed by atoms with Gasteiger partial charge in [-0.05, 0) is 44.2 Å². The highest BCUT2D eigenvalue weighted by Gasteiger charge is 2.21. The van der Waals surface area contributed by atoms with Crippen LogP contribution in [-0.2, 0) is 4.74 Å². The van der Waals surface area contributed by atoms with Crippen LogP contribution in [0.15, 0.2) is 46.9 Å². The Kier molecular flexibility index (Phi) is 6.58. The van der Waals surface area contributed by atoms with Gasteiger partial charge in [0.2, 0.25) is 5.78 Å². The van der Waals surface area contributed by atoms with Crippen molar-refractivity contribution >= 4 is 27.7 Å². The van der Waals surface area contributed by atoms with Crippen molar-refractivity contribution in [2.24, 2.45) is 0 Å². The molecule has 0 bridgehead atoms. The number of carbonyl (C=O) groups is 2. The minimum absolute atomic E-state index is 0.264. The third kappa shape index (κ3) is 4.82. The number of benzene rings is 2. The van der Waals surface area contributed by atoms with Crippen molar-refractivity contribution in [2.45, 2.75) is 20.0 Å². The van der Waals surface area contributed by atoms with Crippen LogP contribution in [0.25, 0.3) is 0 Å². The zero-order valence-electron chi connectivity index (χ0n) is 14.2. The summed E-state index contributed by atoms with van der Waals surface area (Å²) < 4.78 is 16.8. The third-order valence-electron chi connectivity index (χ3n) is 3.48. The van der Waals surface area contributed by atoms with E-state index in [1.165, 1.54) is 7.11 Å². The summed E-state index contributed by atoms with van der Waals surface area (Å²) >= 11 is 3.31. The lowest BCUT2D eigenvalue weighted by Gasteiger charge is -2.14. The summed E-state index contributed by atoms with van der Waals surface area (Å²) in [6, 6.07) is 11.6. The maximum Gasteiger partial charge on any atom is 0.338 e. The van der Waals surface area contributed by atoms with Crippen LogP contribution in [0, 0.1) is 0 Å². The van der Waals surface area contributed by atoms with E-state index in [0.717, 1.165) is 4.47 Å². The Morgan fingerprint density at radius 2 is 1.68 bits per heavy atom. The first-order valence-electron chi connectivity index (χ1n) is 7.77. The molecule has 0 radical (unpaired) electrons. The number of hydrogen-bond acceptors (Lipinski definition) is 5. The minimum Gasteiger partial charge on any atom is -0.493 e. The molecule has 0 saturated carbocycles. The molecule has 0 aliphatic rings. The summed E-state index contributed by atoms with van der Waals surface area (Å²) in [6.45, 7) is 3.83. The number of ketones is 1. The minimum atomic E-state index is -0.897. The molecular weight excluding hydrogens is 388 g/mol. The molecule has 0 unspecified atom stereocenters. The van der Waals surface area contributed by atoms with Gasteiger partial charge >= 0.3 is 5.97 Å². The van der Waals surface area contributed by atoms with Crippen LogP contribution >= 0.6 is 15.9 Å². The number of hydrogen-bond donors (Lipinski definition) is 0. The maximum absolute atomic E-state index is 12.4. The molecule has 0 aromatic heterocycles. The van der Waals surface area contributed by atoms with E-state index in [1.54, 1.807) is 49.4 Å². The highest BCUT2D eigenvalue weighted by molar-refractivity contribution is 9.10. The monoisotopic (exact) mass is 406 g/mol. The summed E-state index contributed by atoms with van der Waals surface area (Å²) in [4.78, 5) is 24.7. The highest BCUT2D eigenvalue weighted by atomic mass is 79.9. The smallest absolute Gasteiger partial charge is 0.338 e. The molecule has 2 rings (SSSR count). The normalized spacial score (nSPS) is 11.5. The standard InChI is InChI=1S/C19H19BrO5/c1-4-24-17-11-14(7-10-16(17)23-3)19(22)25-12(2)18(21)13-5-8-15(20)9-6-13/h5-12H,4H2,1-3H3/t12-/m0/s1. The quantitative estimate of drug-likeness (QED) is 0.506. The highest BCUT2D eigenvalue weighted by Crippen LogP contribution is 2.28. The molecular formula is C19H19BrO5. The molecule has 0 fully saturated rings. The number of esters is 1. The van der Waals surface area contributed by atoms with E-state index >= 15 is 0 Å². The summed E-state index contributed by atoms with van der Waals surface area (Å²) in [7, 11) is 1.52. The summed E-state index contributed by atoms with van der Waals surface area (Å²) in [5.41, 5.74) is 0.771. The lowest BCUT2D eigenvalue weighted by Crippen LogP contribution is -2.24. The average molecular weight is 407 g/mol. The zero-order chi connectivity index (χ0) is 18.4. The predicted octanol–water partition coefficient (Wildman–Crippen LogP) is 4.28. The van der Waals surface area contributed by atoms with Gasteiger partial charge < -0.3 is 14.2 Å². The second kappa shape index (κ2) is 8.67. The Morgan fingerprint density at radius 3 is 2.28 bits per heavy atom. The van der Waals surface area contributed by atoms with E-state index in [2.05, 4.69) is 15.9 Å². The van der Waals surface area contributed by atoms with E-state index in [4.69, 9.17) is 14.2 Å². The number of carbonyl (C=O) groups excluding carboxylic acids is 2. The van der Waals surface area contributed by atoms with Crippen molar-refractivity contribution in [2.75, 3.05) is 13.7 Å². The van der Waals surface area contributed by atoms with Crippen molar-refractivity contribution in [3.05, 3.63) is 58.1 Å². The molecule has 0 saturated heterocycles. The fraction of sp³-hybridized carbons (Fsp3) is 0.263. The molecule has 0 amide bonds. The molecule has 1 atom stereocenters. The molecule has 6 heteroatoms. The SMILES string of the molecule is CCOc1cc(C(=O)O[C@@H](C)C(=O)c2ccc(Br)cc2)ccc1OC. The molecule has 5 nitrogen and oxygen atoms in total. The van der Waals surface area contributed by atoms with Gasteiger partial charge in [0.15, 0.2) is 17.6 Å². The Labute approximate surface area is 155 Å². The van der Waals surface area contributed by atoms with Gasteiger partial charge in [0.1, 0.15) is 0 Å². The summed E-state index contributed by atoms with van der Waals surface area (Å²) in [5.74, 6) is 0.115. The average Bonchev–Trinajstić information content (AvgIpc) is 2.61. The van der Waals surface area contributed by atoms with E-state index in [-0.39, 0.29) is 5.78 Å². The van der Waals surface area contributed by atoms with Crippen LogP contribution in [-0.4, -0.2) is 31.6 Å². The maximum atomic E-state index is 12.4. The summed E-state index contributed by atoms with van der Waals surface area (Å²) in [5, 5.41) is 0. The lowest BCUT2D eigenvalue weighted by atomic mass is 10.1. The van der Waals surface area contributed by atoms with Gasteiger partial charge in [-0.2, -0.15) is 0 Å². The first-order chi connectivity index (χ1) is 12.0. The van der Waals surface area contributed by atoms with Crippen molar-refractivity contribution < 1.29 is 23.8 Å². The van der Waals surface area contributed by atoms with Crippen LogP contribution in [0.4, 0.5) is 0 Å². The van der Waals surface area contributed by atoms with E-state index in [0.29, 0.717) is 29.2 Å². The Morgan fingerprint density at radius 1 is 1.04 bits per heavy atom. The molecule has 0 aliphatic carbocycles. The fourth-order valence-corrected chi connectivity index (χ4v) is 2.47. The first-order valence-corrected chi connectivity index (χ1v) is 8.57. The zero-order valence-corrected chi connectivity index (χ0v) is 15.8. The molecule has 0 N–H and O–H groups in total. The number of rotatable bonds is 7. The van der Waals surface area contributed by atoms with Crippen molar-refractivity contribution in [3.63, 3.8) is 0 Å². The lowest BCUT2D eigenvalue weighted by molar-refractivity contribution is 0.0318. The molecule has 25 heavy (non-hydrogen) atoms. The van der Waals surface area contributed by atoms with Gasteiger partial charge in [-0.1, -0.05) is 28.1 Å². The second-order valence-electron chi connectivity index (χ2n) is 5.22. The van der Waals surface area contributed by atoms with Crippen LogP contribution in [0.1, 0.15) is 34.6 Å². The largest absolute Gasteiger partial charge is 0.493 e. The summed E-state index contributed by atoms with van der Waals surface area (Å²) in [6.07, 6.45) is -0.897. The molecule has 132 valence electrons. The predicted molar refractivity (Wildman–Crippen MR) is 97.5 cm³/mol. The third-order valence-corrected chi connectivity index (χ3v) is 4.01. The van der Waals surface area contributed by atoms with Gasteiger partial charge in [0.05, 0.1) is 19.3 Å². The topological polar surface area (TPSA) is 61.8 Å². The number of ether oxygens (including phenoxy) is 3.